The third-order valence-electron chi connectivity index (χ3n) is 3.49. The van der Waals surface area contributed by atoms with Gasteiger partial charge in [0.15, 0.2) is 0 Å². The van der Waals surface area contributed by atoms with Crippen molar-refractivity contribution in [2.24, 2.45) is 0 Å². The van der Waals surface area contributed by atoms with Gasteiger partial charge in [-0.3, -0.25) is 9.36 Å². The Kier molecular flexibility index (Phi) is 4.29. The van der Waals surface area contributed by atoms with Crippen molar-refractivity contribution in [2.45, 2.75) is 6.04 Å². The van der Waals surface area contributed by atoms with E-state index < -0.39 is 6.04 Å². The summed E-state index contributed by atoms with van der Waals surface area (Å²) >= 11 is 9.36. The number of aliphatic hydroxyl groups is 1. The molecule has 3 aromatic rings. The number of aliphatic hydroxyl groups excluding tert-OH is 1. The van der Waals surface area contributed by atoms with Crippen LogP contribution in [0.5, 0.6) is 0 Å². The number of hydrogen-bond acceptors (Lipinski definition) is 3. The Bertz CT molecular complexity index is 895. The predicted molar refractivity (Wildman–Crippen MR) is 90.4 cm³/mol. The van der Waals surface area contributed by atoms with E-state index in [4.69, 9.17) is 11.6 Å². The van der Waals surface area contributed by atoms with Crippen LogP contribution in [0.2, 0.25) is 5.02 Å². The molecule has 0 fully saturated rings. The van der Waals surface area contributed by atoms with Gasteiger partial charge in [0.1, 0.15) is 0 Å². The Balaban J connectivity index is 2.17. The fourth-order valence-electron chi connectivity index (χ4n) is 2.40. The maximum Gasteiger partial charge on any atom is 0.261 e. The average molecular weight is 380 g/mol. The first-order valence-electron chi connectivity index (χ1n) is 6.63. The fraction of sp³-hybridized carbons (Fsp3) is 0.125. The van der Waals surface area contributed by atoms with Gasteiger partial charge >= 0.3 is 0 Å². The summed E-state index contributed by atoms with van der Waals surface area (Å²) in [7, 11) is 0. The molecule has 0 spiro atoms. The number of rotatable bonds is 3. The molecule has 6 heteroatoms. The molecule has 22 heavy (non-hydrogen) atoms. The smallest absolute Gasteiger partial charge is 0.261 e. The molecule has 1 heterocycles. The van der Waals surface area contributed by atoms with Gasteiger partial charge in [-0.25, -0.2) is 4.98 Å². The summed E-state index contributed by atoms with van der Waals surface area (Å²) in [5.41, 5.74) is 1.17. The number of halogens is 2. The van der Waals surface area contributed by atoms with E-state index in [1.807, 2.05) is 6.07 Å². The second-order valence-electron chi connectivity index (χ2n) is 4.87. The minimum atomic E-state index is -0.522. The average Bonchev–Trinajstić information content (AvgIpc) is 2.50. The van der Waals surface area contributed by atoms with Gasteiger partial charge in [0.2, 0.25) is 0 Å². The van der Waals surface area contributed by atoms with Crippen LogP contribution in [0.1, 0.15) is 11.6 Å². The molecule has 1 unspecified atom stereocenters. The summed E-state index contributed by atoms with van der Waals surface area (Å²) in [5.74, 6) is 0. The van der Waals surface area contributed by atoms with Crippen molar-refractivity contribution in [3.05, 3.63) is 74.2 Å². The van der Waals surface area contributed by atoms with E-state index in [1.54, 1.807) is 36.4 Å². The van der Waals surface area contributed by atoms with Crippen LogP contribution >= 0.6 is 27.5 Å². The lowest BCUT2D eigenvalue weighted by Gasteiger charge is -2.18. The van der Waals surface area contributed by atoms with Crippen LogP contribution < -0.4 is 5.56 Å². The molecule has 4 nitrogen and oxygen atoms in total. The van der Waals surface area contributed by atoms with Gasteiger partial charge in [-0.05, 0) is 35.9 Å². The van der Waals surface area contributed by atoms with Crippen LogP contribution in [-0.4, -0.2) is 21.3 Å². The molecule has 3 rings (SSSR count). The topological polar surface area (TPSA) is 55.1 Å². The molecule has 1 N–H and O–H groups in total. The Hall–Kier alpha value is -1.69. The lowest BCUT2D eigenvalue weighted by molar-refractivity contribution is 0.246. The molecule has 0 aliphatic carbocycles. The van der Waals surface area contributed by atoms with Crippen molar-refractivity contribution in [1.82, 2.24) is 9.55 Å². The molecule has 0 radical (unpaired) electrons. The third kappa shape index (κ3) is 2.79. The Morgan fingerprint density at radius 2 is 2.09 bits per heavy atom. The molecule has 0 saturated carbocycles. The Labute approximate surface area is 140 Å². The van der Waals surface area contributed by atoms with Crippen LogP contribution in [0, 0.1) is 0 Å². The van der Waals surface area contributed by atoms with Gasteiger partial charge in [-0.1, -0.05) is 39.7 Å². The van der Waals surface area contributed by atoms with Gasteiger partial charge in [-0.15, -0.1) is 0 Å². The minimum absolute atomic E-state index is 0.198. The van der Waals surface area contributed by atoms with E-state index in [9.17, 15) is 9.90 Å². The van der Waals surface area contributed by atoms with Crippen LogP contribution in [0.4, 0.5) is 0 Å². The third-order valence-corrected chi connectivity index (χ3v) is 4.22. The largest absolute Gasteiger partial charge is 0.394 e. The van der Waals surface area contributed by atoms with Crippen molar-refractivity contribution in [3.63, 3.8) is 0 Å². The zero-order valence-corrected chi connectivity index (χ0v) is 13.8. The molecule has 0 aliphatic rings. The Morgan fingerprint density at radius 1 is 1.27 bits per heavy atom. The van der Waals surface area contributed by atoms with Crippen molar-refractivity contribution < 1.29 is 5.11 Å². The van der Waals surface area contributed by atoms with Gasteiger partial charge < -0.3 is 5.11 Å². The maximum atomic E-state index is 12.7. The highest BCUT2D eigenvalue weighted by atomic mass is 79.9. The first kappa shape index (κ1) is 15.2. The summed E-state index contributed by atoms with van der Waals surface area (Å²) in [5, 5.41) is 10.8. The molecule has 0 bridgehead atoms. The molecule has 0 aliphatic heterocycles. The highest BCUT2D eigenvalue weighted by molar-refractivity contribution is 9.10. The second-order valence-corrected chi connectivity index (χ2v) is 6.22. The summed E-state index contributed by atoms with van der Waals surface area (Å²) in [6, 6.07) is 11.9. The van der Waals surface area contributed by atoms with E-state index in [0.717, 1.165) is 10.0 Å². The highest BCUT2D eigenvalue weighted by Crippen LogP contribution is 2.21. The lowest BCUT2D eigenvalue weighted by atomic mass is 10.1. The zero-order valence-electron chi connectivity index (χ0n) is 11.4. The first-order chi connectivity index (χ1) is 10.6. The summed E-state index contributed by atoms with van der Waals surface area (Å²) in [4.78, 5) is 17.0. The SMILES string of the molecule is O=c1c2ccc(Br)cc2ncn1C(CO)c1cccc(Cl)c1. The number of nitrogens with zero attached hydrogens (tertiary/aromatic N) is 2. The first-order valence-corrected chi connectivity index (χ1v) is 7.80. The number of benzene rings is 2. The molecule has 0 amide bonds. The quantitative estimate of drug-likeness (QED) is 0.759. The summed E-state index contributed by atoms with van der Waals surface area (Å²) in [6.45, 7) is -0.218. The lowest BCUT2D eigenvalue weighted by Crippen LogP contribution is -2.28. The Morgan fingerprint density at radius 3 is 2.82 bits per heavy atom. The molecule has 1 aromatic heterocycles. The van der Waals surface area contributed by atoms with Gasteiger partial charge in [-0.2, -0.15) is 0 Å². The van der Waals surface area contributed by atoms with Crippen LogP contribution in [0.15, 0.2) is 58.1 Å². The van der Waals surface area contributed by atoms with E-state index in [1.165, 1.54) is 10.9 Å². The monoisotopic (exact) mass is 378 g/mol. The normalized spacial score (nSPS) is 12.5. The standard InChI is InChI=1S/C16H12BrClN2O2/c17-11-4-5-13-14(7-11)19-9-20(16(13)22)15(8-21)10-2-1-3-12(18)6-10/h1-7,9,15,21H,8H2. The molecule has 0 saturated heterocycles. The van der Waals surface area contributed by atoms with Crippen molar-refractivity contribution in [2.75, 3.05) is 6.61 Å². The highest BCUT2D eigenvalue weighted by Gasteiger charge is 2.16. The zero-order chi connectivity index (χ0) is 15.7. The predicted octanol–water partition coefficient (Wildman–Crippen LogP) is 3.39. The summed E-state index contributed by atoms with van der Waals surface area (Å²) < 4.78 is 2.29. The molecule has 1 atom stereocenters. The van der Waals surface area contributed by atoms with E-state index in [0.29, 0.717) is 15.9 Å². The van der Waals surface area contributed by atoms with Crippen LogP contribution in [0.25, 0.3) is 10.9 Å². The van der Waals surface area contributed by atoms with Crippen molar-refractivity contribution in [3.8, 4) is 0 Å². The van der Waals surface area contributed by atoms with Crippen LogP contribution in [0.3, 0.4) is 0 Å². The maximum absolute atomic E-state index is 12.7. The minimum Gasteiger partial charge on any atom is -0.394 e. The van der Waals surface area contributed by atoms with Gasteiger partial charge in [0.25, 0.3) is 5.56 Å². The molecule has 2 aromatic carbocycles. The number of fused-ring (bicyclic) bond motifs is 1. The number of hydrogen-bond donors (Lipinski definition) is 1. The summed E-state index contributed by atoms with van der Waals surface area (Å²) in [6.07, 6.45) is 1.46. The van der Waals surface area contributed by atoms with Crippen molar-refractivity contribution in [1.29, 1.82) is 0 Å². The van der Waals surface area contributed by atoms with E-state index in [2.05, 4.69) is 20.9 Å². The van der Waals surface area contributed by atoms with E-state index >= 15 is 0 Å². The van der Waals surface area contributed by atoms with Crippen LogP contribution in [-0.2, 0) is 0 Å². The fourth-order valence-corrected chi connectivity index (χ4v) is 2.95. The molecular weight excluding hydrogens is 368 g/mol. The molecule has 112 valence electrons. The molecular formula is C16H12BrClN2O2. The van der Waals surface area contributed by atoms with Crippen molar-refractivity contribution >= 4 is 38.4 Å². The van der Waals surface area contributed by atoms with Gasteiger partial charge in [0.05, 0.1) is 29.9 Å². The van der Waals surface area contributed by atoms with Gasteiger partial charge in [0, 0.05) is 9.50 Å². The second kappa shape index (κ2) is 6.20. The number of aromatic nitrogens is 2. The van der Waals surface area contributed by atoms with E-state index in [-0.39, 0.29) is 12.2 Å².